The number of hydrogen-bond acceptors (Lipinski definition) is 4. The Kier molecular flexibility index (Phi) is 5.46. The first kappa shape index (κ1) is 16.2. The number of benzene rings is 2. The third-order valence-electron chi connectivity index (χ3n) is 3.02. The summed E-state index contributed by atoms with van der Waals surface area (Å²) in [4.78, 5) is 22.6. The van der Waals surface area contributed by atoms with Gasteiger partial charge in [0.25, 0.3) is 5.69 Å². The van der Waals surface area contributed by atoms with Crippen LogP contribution in [-0.2, 0) is 11.2 Å². The van der Waals surface area contributed by atoms with Crippen molar-refractivity contribution in [1.82, 2.24) is 0 Å². The Hall–Kier alpha value is -3.15. The molecule has 0 atom stereocenters. The molecule has 0 aliphatic rings. The topological polar surface area (TPSA) is 81.5 Å². The van der Waals surface area contributed by atoms with Crippen LogP contribution in [0.1, 0.15) is 5.56 Å². The molecule has 0 unspecified atom stereocenters. The fourth-order valence-corrected chi connectivity index (χ4v) is 2.04. The number of rotatable bonds is 7. The van der Waals surface area contributed by atoms with Crippen molar-refractivity contribution in [3.05, 3.63) is 76.9 Å². The largest absolute Gasteiger partial charge is 0.489 e. The van der Waals surface area contributed by atoms with Gasteiger partial charge in [-0.25, -0.2) is 0 Å². The van der Waals surface area contributed by atoms with Gasteiger partial charge in [-0.3, -0.25) is 14.9 Å². The molecule has 2 aromatic carbocycles. The Labute approximate surface area is 133 Å². The summed E-state index contributed by atoms with van der Waals surface area (Å²) >= 11 is 0. The smallest absolute Gasteiger partial charge is 0.273 e. The third-order valence-corrected chi connectivity index (χ3v) is 3.02. The summed E-state index contributed by atoms with van der Waals surface area (Å²) in [6, 6.07) is 13.1. The van der Waals surface area contributed by atoms with Crippen LogP contribution in [0.4, 0.5) is 11.4 Å². The maximum Gasteiger partial charge on any atom is 0.273 e. The number of amides is 1. The van der Waals surface area contributed by atoms with Gasteiger partial charge in [-0.2, -0.15) is 0 Å². The van der Waals surface area contributed by atoms with Crippen molar-refractivity contribution in [1.29, 1.82) is 0 Å². The van der Waals surface area contributed by atoms with Gasteiger partial charge in [0.15, 0.2) is 0 Å². The molecule has 2 rings (SSSR count). The van der Waals surface area contributed by atoms with E-state index in [9.17, 15) is 14.9 Å². The van der Waals surface area contributed by atoms with Crippen LogP contribution in [0.2, 0.25) is 0 Å². The second-order valence-electron chi connectivity index (χ2n) is 4.74. The van der Waals surface area contributed by atoms with Crippen molar-refractivity contribution in [2.45, 2.75) is 6.42 Å². The fourth-order valence-electron chi connectivity index (χ4n) is 2.04. The Morgan fingerprint density at radius 3 is 2.78 bits per heavy atom. The highest BCUT2D eigenvalue weighted by molar-refractivity contribution is 5.93. The van der Waals surface area contributed by atoms with Gasteiger partial charge in [-0.1, -0.05) is 36.9 Å². The fraction of sp³-hybridized carbons (Fsp3) is 0.118. The first-order chi connectivity index (χ1) is 11.1. The van der Waals surface area contributed by atoms with E-state index in [0.717, 1.165) is 0 Å². The molecule has 0 saturated heterocycles. The van der Waals surface area contributed by atoms with Gasteiger partial charge in [0, 0.05) is 23.4 Å². The summed E-state index contributed by atoms with van der Waals surface area (Å²) in [6.45, 7) is 3.93. The molecular weight excluding hydrogens is 296 g/mol. The summed E-state index contributed by atoms with van der Waals surface area (Å²) in [6.07, 6.45) is 1.55. The van der Waals surface area contributed by atoms with Crippen molar-refractivity contribution in [3.8, 4) is 5.75 Å². The number of nitro groups is 1. The zero-order chi connectivity index (χ0) is 16.7. The predicted octanol–water partition coefficient (Wildman–Crippen LogP) is 3.34. The van der Waals surface area contributed by atoms with Crippen molar-refractivity contribution < 1.29 is 14.5 Å². The lowest BCUT2D eigenvalue weighted by atomic mass is 10.1. The average molecular weight is 312 g/mol. The van der Waals surface area contributed by atoms with Crippen LogP contribution < -0.4 is 10.1 Å². The second-order valence-corrected chi connectivity index (χ2v) is 4.74. The van der Waals surface area contributed by atoms with Gasteiger partial charge in [-0.15, -0.1) is 0 Å². The van der Waals surface area contributed by atoms with E-state index in [1.54, 1.807) is 48.5 Å². The summed E-state index contributed by atoms with van der Waals surface area (Å²) in [7, 11) is 0. The molecule has 0 aromatic heterocycles. The Morgan fingerprint density at radius 1 is 1.26 bits per heavy atom. The molecule has 6 heteroatoms. The lowest BCUT2D eigenvalue weighted by Crippen LogP contribution is -2.15. The van der Waals surface area contributed by atoms with Gasteiger partial charge in [-0.05, 0) is 12.1 Å². The van der Waals surface area contributed by atoms with Crippen LogP contribution in [0.25, 0.3) is 0 Å². The molecule has 1 N–H and O–H groups in total. The van der Waals surface area contributed by atoms with Crippen molar-refractivity contribution in [2.75, 3.05) is 11.9 Å². The SMILES string of the molecule is C=CCOc1cccc(NC(=O)Cc2ccccc2[N+](=O)[O-])c1. The molecule has 0 fully saturated rings. The summed E-state index contributed by atoms with van der Waals surface area (Å²) in [5.74, 6) is 0.272. The van der Waals surface area contributed by atoms with Gasteiger partial charge < -0.3 is 10.1 Å². The minimum Gasteiger partial charge on any atom is -0.489 e. The molecule has 0 aliphatic carbocycles. The quantitative estimate of drug-likeness (QED) is 0.483. The van der Waals surface area contributed by atoms with Crippen molar-refractivity contribution in [3.63, 3.8) is 0 Å². The molecule has 0 saturated carbocycles. The molecule has 0 aliphatic heterocycles. The van der Waals surface area contributed by atoms with Gasteiger partial charge in [0.1, 0.15) is 12.4 Å². The van der Waals surface area contributed by atoms with Crippen LogP contribution in [0.3, 0.4) is 0 Å². The number of nitrogens with zero attached hydrogens (tertiary/aromatic N) is 1. The molecule has 6 nitrogen and oxygen atoms in total. The Morgan fingerprint density at radius 2 is 2.04 bits per heavy atom. The predicted molar refractivity (Wildman–Crippen MR) is 87.6 cm³/mol. The van der Waals surface area contributed by atoms with E-state index in [1.165, 1.54) is 6.07 Å². The molecule has 118 valence electrons. The van der Waals surface area contributed by atoms with E-state index < -0.39 is 4.92 Å². The van der Waals surface area contributed by atoms with E-state index in [4.69, 9.17) is 4.74 Å². The van der Waals surface area contributed by atoms with Crippen molar-refractivity contribution in [2.24, 2.45) is 0 Å². The van der Waals surface area contributed by atoms with Gasteiger partial charge >= 0.3 is 0 Å². The van der Waals surface area contributed by atoms with E-state index >= 15 is 0 Å². The van der Waals surface area contributed by atoms with Gasteiger partial charge in [0.2, 0.25) is 5.91 Å². The normalized spacial score (nSPS) is 9.91. The highest BCUT2D eigenvalue weighted by Gasteiger charge is 2.15. The third kappa shape index (κ3) is 4.67. The molecular formula is C17H16N2O4. The van der Waals surface area contributed by atoms with Crippen LogP contribution in [0, 0.1) is 10.1 Å². The lowest BCUT2D eigenvalue weighted by Gasteiger charge is -2.08. The minimum atomic E-state index is -0.494. The highest BCUT2D eigenvalue weighted by atomic mass is 16.6. The molecule has 0 heterocycles. The first-order valence-corrected chi connectivity index (χ1v) is 6.96. The second kappa shape index (κ2) is 7.74. The molecule has 1 amide bonds. The number of nitrogens with one attached hydrogen (secondary N) is 1. The number of anilines is 1. The van der Waals surface area contributed by atoms with E-state index in [1.807, 2.05) is 0 Å². The number of carbonyl (C=O) groups is 1. The molecule has 23 heavy (non-hydrogen) atoms. The van der Waals surface area contributed by atoms with Crippen LogP contribution in [0.15, 0.2) is 61.2 Å². The number of carbonyl (C=O) groups excluding carboxylic acids is 1. The lowest BCUT2D eigenvalue weighted by molar-refractivity contribution is -0.385. The molecule has 2 aromatic rings. The molecule has 0 spiro atoms. The zero-order valence-electron chi connectivity index (χ0n) is 12.4. The minimum absolute atomic E-state index is 0.0642. The Balaban J connectivity index is 2.05. The van der Waals surface area contributed by atoms with Crippen LogP contribution in [-0.4, -0.2) is 17.4 Å². The van der Waals surface area contributed by atoms with E-state index in [2.05, 4.69) is 11.9 Å². The summed E-state index contributed by atoms with van der Waals surface area (Å²) in [5.41, 5.74) is 0.870. The summed E-state index contributed by atoms with van der Waals surface area (Å²) < 4.78 is 5.39. The molecule has 0 radical (unpaired) electrons. The maximum absolute atomic E-state index is 12.1. The van der Waals surface area contributed by atoms with Crippen LogP contribution >= 0.6 is 0 Å². The van der Waals surface area contributed by atoms with Crippen molar-refractivity contribution >= 4 is 17.3 Å². The summed E-state index contributed by atoms with van der Waals surface area (Å²) in [5, 5.41) is 13.7. The number of ether oxygens (including phenoxy) is 1. The van der Waals surface area contributed by atoms with Gasteiger partial charge in [0.05, 0.1) is 11.3 Å². The van der Waals surface area contributed by atoms with E-state index in [-0.39, 0.29) is 18.0 Å². The monoisotopic (exact) mass is 312 g/mol. The number of hydrogen-bond donors (Lipinski definition) is 1. The van der Waals surface area contributed by atoms with Crippen LogP contribution in [0.5, 0.6) is 5.75 Å². The first-order valence-electron chi connectivity index (χ1n) is 6.96. The number of nitro benzene ring substituents is 1. The Bertz CT molecular complexity index is 728. The average Bonchev–Trinajstić information content (AvgIpc) is 2.53. The standard InChI is InChI=1S/C17H16N2O4/c1-2-10-23-15-8-5-7-14(12-15)18-17(20)11-13-6-3-4-9-16(13)19(21)22/h2-9,12H,1,10-11H2,(H,18,20). The number of para-hydroxylation sites is 1. The zero-order valence-corrected chi connectivity index (χ0v) is 12.4. The van der Waals surface area contributed by atoms with E-state index in [0.29, 0.717) is 23.6 Å². The highest BCUT2D eigenvalue weighted by Crippen LogP contribution is 2.20. The maximum atomic E-state index is 12.1. The molecule has 0 bridgehead atoms.